The molecule has 0 amide bonds. The standard InChI is InChI=1S/C54H28N6S/c1-56-51-44(31-14-4-2-5-15-31)38(30-55)53(60-39-22-12-10-18-33(39)36-24-25-43-46(52(36)60)37-21-11-13-23-42(37)61-43)45(32-16-6-3-7-17-32)54(51)59-40-26-28-57-49-34-19-8-9-20-35(34)50-48(47(40)49)41(59)27-29-58-50/h2-29H. The molecule has 13 aromatic rings. The maximum Gasteiger partial charge on any atom is 0.220 e. The molecular weight excluding hydrogens is 765 g/mol. The van der Waals surface area contributed by atoms with Crippen LogP contribution in [-0.4, -0.2) is 19.1 Å². The van der Waals surface area contributed by atoms with Gasteiger partial charge in [0, 0.05) is 76.0 Å². The van der Waals surface area contributed by atoms with E-state index in [2.05, 4.69) is 117 Å². The topological polar surface area (TPSA) is 63.8 Å². The molecule has 6 nitrogen and oxygen atoms in total. The number of aromatic nitrogens is 4. The molecule has 0 spiro atoms. The smallest absolute Gasteiger partial charge is 0.220 e. The molecule has 0 atom stereocenters. The number of hydrogen-bond acceptors (Lipinski definition) is 4. The highest BCUT2D eigenvalue weighted by molar-refractivity contribution is 7.26. The number of para-hydroxylation sites is 1. The minimum Gasteiger partial charge on any atom is -0.318 e. The highest BCUT2D eigenvalue weighted by atomic mass is 32.1. The van der Waals surface area contributed by atoms with E-state index in [4.69, 9.17) is 9.97 Å². The third-order valence-electron chi connectivity index (χ3n) is 12.4. The van der Waals surface area contributed by atoms with Crippen molar-refractivity contribution in [2.24, 2.45) is 0 Å². The largest absolute Gasteiger partial charge is 0.318 e. The van der Waals surface area contributed by atoms with Gasteiger partial charge in [-0.05, 0) is 41.5 Å². The summed E-state index contributed by atoms with van der Waals surface area (Å²) in [6.07, 6.45) is 3.74. The van der Waals surface area contributed by atoms with Gasteiger partial charge in [0.1, 0.15) is 6.07 Å². The molecule has 0 radical (unpaired) electrons. The van der Waals surface area contributed by atoms with Crippen LogP contribution in [0.1, 0.15) is 5.56 Å². The monoisotopic (exact) mass is 792 g/mol. The van der Waals surface area contributed by atoms with Gasteiger partial charge in [0.25, 0.3) is 0 Å². The fourth-order valence-electron chi connectivity index (χ4n) is 10.1. The molecule has 0 bridgehead atoms. The first-order valence-corrected chi connectivity index (χ1v) is 20.9. The second-order valence-corrected chi connectivity index (χ2v) is 16.5. The highest BCUT2D eigenvalue weighted by Crippen LogP contribution is 2.54. The predicted molar refractivity (Wildman–Crippen MR) is 252 cm³/mol. The lowest BCUT2D eigenvalue weighted by molar-refractivity contribution is 1.14. The Hall–Kier alpha value is -8.36. The maximum absolute atomic E-state index is 11.8. The highest BCUT2D eigenvalue weighted by Gasteiger charge is 2.33. The minimum atomic E-state index is 0.393. The van der Waals surface area contributed by atoms with E-state index in [1.54, 1.807) is 11.3 Å². The molecule has 0 aliphatic heterocycles. The van der Waals surface area contributed by atoms with Gasteiger partial charge in [0.05, 0.1) is 56.6 Å². The van der Waals surface area contributed by atoms with Crippen LogP contribution in [0.4, 0.5) is 5.69 Å². The zero-order valence-corrected chi connectivity index (χ0v) is 33.1. The Balaban J connectivity index is 1.35. The molecule has 5 aromatic heterocycles. The lowest BCUT2D eigenvalue weighted by Gasteiger charge is -2.26. The molecule has 280 valence electrons. The molecule has 0 aliphatic rings. The van der Waals surface area contributed by atoms with Gasteiger partial charge in [-0.1, -0.05) is 127 Å². The number of thiophene rings is 1. The van der Waals surface area contributed by atoms with Gasteiger partial charge in [-0.25, -0.2) is 4.85 Å². The lowest BCUT2D eigenvalue weighted by Crippen LogP contribution is -2.09. The van der Waals surface area contributed by atoms with E-state index in [0.717, 1.165) is 93.2 Å². The van der Waals surface area contributed by atoms with Gasteiger partial charge in [-0.15, -0.1) is 11.3 Å². The predicted octanol–water partition coefficient (Wildman–Crippen LogP) is 14.5. The van der Waals surface area contributed by atoms with Gasteiger partial charge in [0.15, 0.2) is 0 Å². The second kappa shape index (κ2) is 12.6. The van der Waals surface area contributed by atoms with E-state index in [-0.39, 0.29) is 0 Å². The zero-order valence-electron chi connectivity index (χ0n) is 32.3. The molecule has 0 fully saturated rings. The SMILES string of the molecule is [C-]#[N+]c1c(-c2ccccc2)c(C#N)c(-n2c3ccccc3c3ccc4sc5ccccc5c4c32)c(-c2ccccc2)c1-n1c2ccnc3c4ccccc4c4nccc1c4c32. The average molecular weight is 793 g/mol. The van der Waals surface area contributed by atoms with Crippen molar-refractivity contribution in [3.63, 3.8) is 0 Å². The molecule has 0 saturated carbocycles. The number of hydrogen-bond donors (Lipinski definition) is 0. The van der Waals surface area contributed by atoms with Crippen LogP contribution >= 0.6 is 11.3 Å². The zero-order chi connectivity index (χ0) is 40.3. The van der Waals surface area contributed by atoms with E-state index in [1.807, 2.05) is 73.1 Å². The summed E-state index contributed by atoms with van der Waals surface area (Å²) in [4.78, 5) is 14.5. The van der Waals surface area contributed by atoms with Crippen molar-refractivity contribution in [2.45, 2.75) is 0 Å². The molecular formula is C54H28N6S. The van der Waals surface area contributed by atoms with Crippen LogP contribution in [0.5, 0.6) is 0 Å². The van der Waals surface area contributed by atoms with Gasteiger partial charge in [-0.3, -0.25) is 9.97 Å². The first-order valence-electron chi connectivity index (χ1n) is 20.1. The van der Waals surface area contributed by atoms with Crippen molar-refractivity contribution in [1.82, 2.24) is 19.1 Å². The lowest BCUT2D eigenvalue weighted by atomic mass is 9.88. The van der Waals surface area contributed by atoms with Crippen LogP contribution in [0.2, 0.25) is 0 Å². The molecule has 0 aliphatic carbocycles. The molecule has 7 heteroatoms. The maximum atomic E-state index is 11.8. The van der Waals surface area contributed by atoms with Gasteiger partial charge < -0.3 is 9.13 Å². The van der Waals surface area contributed by atoms with Crippen LogP contribution in [0.3, 0.4) is 0 Å². The van der Waals surface area contributed by atoms with Crippen molar-refractivity contribution < 1.29 is 0 Å². The second-order valence-electron chi connectivity index (χ2n) is 15.4. The van der Waals surface area contributed by atoms with Gasteiger partial charge >= 0.3 is 0 Å². The molecule has 0 N–H and O–H groups in total. The van der Waals surface area contributed by atoms with Crippen molar-refractivity contribution in [3.8, 4) is 39.7 Å². The summed E-state index contributed by atoms with van der Waals surface area (Å²) in [6, 6.07) is 57.0. The van der Waals surface area contributed by atoms with Crippen molar-refractivity contribution in [1.29, 1.82) is 5.26 Å². The summed E-state index contributed by atoms with van der Waals surface area (Å²) in [5, 5.41) is 20.3. The summed E-state index contributed by atoms with van der Waals surface area (Å²) in [7, 11) is 0. The number of benzene rings is 8. The van der Waals surface area contributed by atoms with Gasteiger partial charge in [-0.2, -0.15) is 5.26 Å². The van der Waals surface area contributed by atoms with Gasteiger partial charge in [0.2, 0.25) is 5.69 Å². The summed E-state index contributed by atoms with van der Waals surface area (Å²) in [5.41, 5.74) is 10.9. The Morgan fingerprint density at radius 3 is 1.70 bits per heavy atom. The molecule has 0 saturated heterocycles. The van der Waals surface area contributed by atoms with Crippen LogP contribution < -0.4 is 0 Å². The first kappa shape index (κ1) is 33.6. The Morgan fingerprint density at radius 1 is 0.492 bits per heavy atom. The van der Waals surface area contributed by atoms with E-state index in [1.165, 1.54) is 14.8 Å². The summed E-state index contributed by atoms with van der Waals surface area (Å²) < 4.78 is 6.95. The minimum absolute atomic E-state index is 0.393. The number of nitriles is 1. The van der Waals surface area contributed by atoms with Crippen molar-refractivity contribution in [2.75, 3.05) is 0 Å². The number of fused-ring (bicyclic) bond motifs is 10. The fraction of sp³-hybridized carbons (Fsp3) is 0. The molecule has 0 unspecified atom stereocenters. The summed E-state index contributed by atoms with van der Waals surface area (Å²) in [5.74, 6) is 0. The third-order valence-corrected chi connectivity index (χ3v) is 13.6. The normalized spacial score (nSPS) is 11.9. The van der Waals surface area contributed by atoms with Crippen LogP contribution in [0.15, 0.2) is 170 Å². The van der Waals surface area contributed by atoms with E-state index < -0.39 is 0 Å². The quantitative estimate of drug-likeness (QED) is 0.132. The average Bonchev–Trinajstić information content (AvgIpc) is 3.99. The van der Waals surface area contributed by atoms with Crippen LogP contribution in [0.25, 0.3) is 124 Å². The number of rotatable bonds is 4. The Morgan fingerprint density at radius 2 is 1.07 bits per heavy atom. The summed E-state index contributed by atoms with van der Waals surface area (Å²) in [6.45, 7) is 9.18. The molecule has 61 heavy (non-hydrogen) atoms. The van der Waals surface area contributed by atoms with E-state index in [9.17, 15) is 11.8 Å². The van der Waals surface area contributed by atoms with Crippen molar-refractivity contribution in [3.05, 3.63) is 187 Å². The first-order chi connectivity index (χ1) is 30.2. The van der Waals surface area contributed by atoms with Crippen LogP contribution in [-0.2, 0) is 0 Å². The number of nitrogens with zero attached hydrogens (tertiary/aromatic N) is 6. The Bertz CT molecular complexity index is 3980. The third kappa shape index (κ3) is 4.42. The Labute approximate surface area is 352 Å². The molecule has 8 aromatic carbocycles. The molecule has 5 heterocycles. The number of pyridine rings is 2. The van der Waals surface area contributed by atoms with Crippen LogP contribution in [0, 0.1) is 17.9 Å². The van der Waals surface area contributed by atoms with Crippen molar-refractivity contribution >= 4 is 103 Å². The molecule has 13 rings (SSSR count). The fourth-order valence-corrected chi connectivity index (χ4v) is 11.2. The Kier molecular flexibility index (Phi) is 6.92. The summed E-state index contributed by atoms with van der Waals surface area (Å²) >= 11 is 1.78. The van der Waals surface area contributed by atoms with E-state index >= 15 is 0 Å². The van der Waals surface area contributed by atoms with E-state index in [0.29, 0.717) is 22.5 Å².